The normalized spacial score (nSPS) is 13.9. The lowest BCUT2D eigenvalue weighted by atomic mass is 10.1. The van der Waals surface area contributed by atoms with E-state index in [4.69, 9.17) is 0 Å². The van der Waals surface area contributed by atoms with Gasteiger partial charge in [0.15, 0.2) is 0 Å². The Labute approximate surface area is 129 Å². The van der Waals surface area contributed by atoms with Crippen LogP contribution in [0.1, 0.15) is 16.8 Å². The second-order valence-electron chi connectivity index (χ2n) is 4.55. The first-order chi connectivity index (χ1) is 9.11. The zero-order valence-electron chi connectivity index (χ0n) is 10.6. The van der Waals surface area contributed by atoms with Gasteiger partial charge in [-0.05, 0) is 17.7 Å². The second kappa shape index (κ2) is 5.22. The molecule has 0 aliphatic heterocycles. The molecule has 0 spiro atoms. The van der Waals surface area contributed by atoms with E-state index in [1.54, 1.807) is 26.2 Å². The molecule has 0 fully saturated rings. The number of fused-ring (bicyclic) bond motifs is 1. The van der Waals surface area contributed by atoms with Crippen LogP contribution in [0.3, 0.4) is 0 Å². The SMILES string of the molecule is Cn1c(=O)n(C)c2cc(C(Br)CC(F)(F)F)c(Br)cc21. The minimum absolute atomic E-state index is 0.217. The van der Waals surface area contributed by atoms with Gasteiger partial charge in [-0.2, -0.15) is 13.2 Å². The van der Waals surface area contributed by atoms with E-state index in [0.29, 0.717) is 21.1 Å². The Bertz CT molecular complexity index is 718. The number of nitrogens with zero attached hydrogens (tertiary/aromatic N) is 2. The number of aryl methyl sites for hydroxylation is 2. The molecule has 2 rings (SSSR count). The van der Waals surface area contributed by atoms with Crippen LogP contribution in [0.4, 0.5) is 13.2 Å². The number of rotatable bonds is 2. The molecule has 0 aliphatic rings. The molecule has 1 unspecified atom stereocenters. The summed E-state index contributed by atoms with van der Waals surface area (Å²) in [5.41, 5.74) is 1.52. The monoisotopic (exact) mass is 414 g/mol. The van der Waals surface area contributed by atoms with Crippen molar-refractivity contribution in [3.63, 3.8) is 0 Å². The third-order valence-electron chi connectivity index (χ3n) is 3.14. The van der Waals surface area contributed by atoms with Crippen molar-refractivity contribution in [3.8, 4) is 0 Å². The molecular weight excluding hydrogens is 405 g/mol. The molecule has 0 radical (unpaired) electrons. The summed E-state index contributed by atoms with van der Waals surface area (Å²) in [6.45, 7) is 0. The summed E-state index contributed by atoms with van der Waals surface area (Å²) in [6, 6.07) is 3.27. The molecular formula is C12H11Br2F3N2O. The van der Waals surface area contributed by atoms with Gasteiger partial charge in [0.1, 0.15) is 0 Å². The Hall–Kier alpha value is -0.760. The lowest BCUT2D eigenvalue weighted by molar-refractivity contribution is -0.134. The van der Waals surface area contributed by atoms with E-state index in [1.807, 2.05) is 0 Å². The van der Waals surface area contributed by atoms with E-state index in [-0.39, 0.29) is 5.69 Å². The van der Waals surface area contributed by atoms with Crippen molar-refractivity contribution in [2.45, 2.75) is 17.4 Å². The molecule has 1 atom stereocenters. The summed E-state index contributed by atoms with van der Waals surface area (Å²) in [4.78, 5) is 11.0. The Balaban J connectivity index is 2.59. The highest BCUT2D eigenvalue weighted by Gasteiger charge is 2.32. The van der Waals surface area contributed by atoms with Crippen molar-refractivity contribution in [3.05, 3.63) is 32.7 Å². The van der Waals surface area contributed by atoms with Crippen LogP contribution in [0.2, 0.25) is 0 Å². The molecule has 8 heteroatoms. The van der Waals surface area contributed by atoms with E-state index < -0.39 is 17.4 Å². The van der Waals surface area contributed by atoms with E-state index >= 15 is 0 Å². The fourth-order valence-corrected chi connectivity index (χ4v) is 3.75. The smallest absolute Gasteiger partial charge is 0.295 e. The number of aromatic nitrogens is 2. The number of imidazole rings is 1. The van der Waals surface area contributed by atoms with Gasteiger partial charge in [-0.3, -0.25) is 9.13 Å². The van der Waals surface area contributed by atoms with Crippen LogP contribution in [-0.2, 0) is 14.1 Å². The average Bonchev–Trinajstić information content (AvgIpc) is 2.51. The summed E-state index contributed by atoms with van der Waals surface area (Å²) in [6.07, 6.45) is -5.23. The highest BCUT2D eigenvalue weighted by Crippen LogP contribution is 2.39. The maximum atomic E-state index is 12.5. The number of hydrogen-bond donors (Lipinski definition) is 0. The summed E-state index contributed by atoms with van der Waals surface area (Å²) in [7, 11) is 3.22. The van der Waals surface area contributed by atoms with Crippen LogP contribution in [0, 0.1) is 0 Å². The van der Waals surface area contributed by atoms with Gasteiger partial charge in [-0.1, -0.05) is 31.9 Å². The molecule has 0 amide bonds. The number of halogens is 5. The van der Waals surface area contributed by atoms with Gasteiger partial charge >= 0.3 is 11.9 Å². The fraction of sp³-hybridized carbons (Fsp3) is 0.417. The maximum Gasteiger partial charge on any atom is 0.390 e. The zero-order chi connectivity index (χ0) is 15.2. The molecule has 0 saturated heterocycles. The summed E-state index contributed by atoms with van der Waals surface area (Å²) >= 11 is 6.34. The van der Waals surface area contributed by atoms with Crippen molar-refractivity contribution < 1.29 is 13.2 Å². The molecule has 2 aromatic rings. The first-order valence-corrected chi connectivity index (χ1v) is 7.38. The minimum Gasteiger partial charge on any atom is -0.295 e. The molecule has 1 aromatic carbocycles. The van der Waals surface area contributed by atoms with Gasteiger partial charge in [-0.25, -0.2) is 4.79 Å². The summed E-state index contributed by atoms with van der Waals surface area (Å²) < 4.78 is 40.9. The quantitative estimate of drug-likeness (QED) is 0.680. The lowest BCUT2D eigenvalue weighted by Crippen LogP contribution is -2.19. The lowest BCUT2D eigenvalue weighted by Gasteiger charge is -2.15. The Morgan fingerprint density at radius 3 is 2.20 bits per heavy atom. The minimum atomic E-state index is -4.26. The van der Waals surface area contributed by atoms with E-state index in [0.717, 1.165) is 0 Å². The molecule has 1 heterocycles. The number of benzene rings is 1. The highest BCUT2D eigenvalue weighted by molar-refractivity contribution is 9.11. The van der Waals surface area contributed by atoms with Gasteiger partial charge in [0.25, 0.3) is 0 Å². The predicted octanol–water partition coefficient (Wildman–Crippen LogP) is 4.03. The van der Waals surface area contributed by atoms with Crippen LogP contribution < -0.4 is 5.69 Å². The van der Waals surface area contributed by atoms with Gasteiger partial charge in [0.05, 0.1) is 17.5 Å². The highest BCUT2D eigenvalue weighted by atomic mass is 79.9. The molecule has 0 saturated carbocycles. The van der Waals surface area contributed by atoms with E-state index in [1.165, 1.54) is 9.13 Å². The third kappa shape index (κ3) is 2.81. The topological polar surface area (TPSA) is 26.9 Å². The summed E-state index contributed by atoms with van der Waals surface area (Å²) in [5, 5.41) is 0. The summed E-state index contributed by atoms with van der Waals surface area (Å²) in [5.74, 6) is 0. The first kappa shape index (κ1) is 15.6. The van der Waals surface area contributed by atoms with Crippen molar-refractivity contribution in [1.82, 2.24) is 9.13 Å². The average molecular weight is 416 g/mol. The third-order valence-corrected chi connectivity index (χ3v) is 4.64. The van der Waals surface area contributed by atoms with E-state index in [9.17, 15) is 18.0 Å². The fourth-order valence-electron chi connectivity index (χ4n) is 2.09. The Kier molecular flexibility index (Phi) is 4.07. The van der Waals surface area contributed by atoms with Gasteiger partial charge in [-0.15, -0.1) is 0 Å². The molecule has 1 aromatic heterocycles. The zero-order valence-corrected chi connectivity index (χ0v) is 13.8. The first-order valence-electron chi connectivity index (χ1n) is 5.67. The number of alkyl halides is 4. The van der Waals surface area contributed by atoms with Crippen molar-refractivity contribution in [2.24, 2.45) is 14.1 Å². The Morgan fingerprint density at radius 1 is 1.20 bits per heavy atom. The largest absolute Gasteiger partial charge is 0.390 e. The van der Waals surface area contributed by atoms with Gasteiger partial charge < -0.3 is 0 Å². The molecule has 0 aliphatic carbocycles. The van der Waals surface area contributed by atoms with Crippen molar-refractivity contribution >= 4 is 42.9 Å². The van der Waals surface area contributed by atoms with Gasteiger partial charge in [0.2, 0.25) is 0 Å². The molecule has 20 heavy (non-hydrogen) atoms. The van der Waals surface area contributed by atoms with Crippen LogP contribution >= 0.6 is 31.9 Å². The standard InChI is InChI=1S/C12H11Br2F3N2O/c1-18-9-3-6(8(14)5-12(15,16)17)7(13)4-10(9)19(2)11(18)20/h3-4,8H,5H2,1-2H3. The molecule has 3 nitrogen and oxygen atoms in total. The van der Waals surface area contributed by atoms with E-state index in [2.05, 4.69) is 31.9 Å². The second-order valence-corrected chi connectivity index (χ2v) is 6.51. The van der Waals surface area contributed by atoms with Crippen LogP contribution in [0.25, 0.3) is 11.0 Å². The van der Waals surface area contributed by atoms with Gasteiger partial charge in [0, 0.05) is 23.4 Å². The van der Waals surface area contributed by atoms with Crippen LogP contribution in [0.15, 0.2) is 21.4 Å². The van der Waals surface area contributed by atoms with Crippen LogP contribution in [0.5, 0.6) is 0 Å². The number of hydrogen-bond acceptors (Lipinski definition) is 1. The maximum absolute atomic E-state index is 12.5. The van der Waals surface area contributed by atoms with Crippen molar-refractivity contribution in [1.29, 1.82) is 0 Å². The molecule has 0 bridgehead atoms. The van der Waals surface area contributed by atoms with Crippen LogP contribution in [-0.4, -0.2) is 15.3 Å². The molecule has 110 valence electrons. The molecule has 0 N–H and O–H groups in total. The Morgan fingerprint density at radius 2 is 1.70 bits per heavy atom. The predicted molar refractivity (Wildman–Crippen MR) is 78.2 cm³/mol. The van der Waals surface area contributed by atoms with Crippen molar-refractivity contribution in [2.75, 3.05) is 0 Å².